The van der Waals surface area contributed by atoms with E-state index in [0.29, 0.717) is 12.6 Å². The van der Waals surface area contributed by atoms with E-state index < -0.39 is 0 Å². The average molecular weight is 298 g/mol. The zero-order valence-corrected chi connectivity index (χ0v) is 13.5. The summed E-state index contributed by atoms with van der Waals surface area (Å²) in [5.41, 5.74) is 10.7. The van der Waals surface area contributed by atoms with Crippen molar-refractivity contribution >= 4 is 0 Å². The summed E-state index contributed by atoms with van der Waals surface area (Å²) in [5.74, 6) is 0. The second kappa shape index (κ2) is 8.69. The van der Waals surface area contributed by atoms with Crippen LogP contribution in [-0.4, -0.2) is 26.3 Å². The Bertz CT molecular complexity index is 566. The van der Waals surface area contributed by atoms with Gasteiger partial charge in [0.1, 0.15) is 0 Å². The third kappa shape index (κ3) is 4.95. The van der Waals surface area contributed by atoms with Crippen LogP contribution in [0.15, 0.2) is 48.5 Å². The van der Waals surface area contributed by atoms with Crippen LogP contribution < -0.4 is 11.1 Å². The molecule has 1 atom stereocenters. The van der Waals surface area contributed by atoms with Crippen molar-refractivity contribution in [1.82, 2.24) is 5.32 Å². The van der Waals surface area contributed by atoms with Crippen LogP contribution in [-0.2, 0) is 17.7 Å². The number of nitrogens with one attached hydrogen (secondary N) is 1. The highest BCUT2D eigenvalue weighted by Gasteiger charge is 2.03. The van der Waals surface area contributed by atoms with Crippen LogP contribution in [0.2, 0.25) is 0 Å². The summed E-state index contributed by atoms with van der Waals surface area (Å²) in [6.45, 7) is 4.40. The van der Waals surface area contributed by atoms with E-state index in [1.807, 2.05) is 0 Å². The Labute approximate surface area is 133 Å². The molecule has 0 aromatic heterocycles. The molecule has 0 radical (unpaired) electrons. The van der Waals surface area contributed by atoms with E-state index in [2.05, 4.69) is 60.8 Å². The minimum Gasteiger partial charge on any atom is -0.383 e. The number of methoxy groups -OCH3 is 1. The first-order valence-corrected chi connectivity index (χ1v) is 7.83. The van der Waals surface area contributed by atoms with Crippen molar-refractivity contribution in [2.75, 3.05) is 20.3 Å². The van der Waals surface area contributed by atoms with Gasteiger partial charge >= 0.3 is 0 Å². The Balaban J connectivity index is 2.04. The number of benzene rings is 2. The van der Waals surface area contributed by atoms with E-state index in [-0.39, 0.29) is 0 Å². The first kappa shape index (κ1) is 16.7. The molecule has 0 bridgehead atoms. The molecular formula is C19H26N2O. The SMILES string of the molecule is COCC(C)NCc1cccc(-c2ccc(CCN)cc2)c1. The van der Waals surface area contributed by atoms with E-state index in [1.54, 1.807) is 7.11 Å². The van der Waals surface area contributed by atoms with Crippen molar-refractivity contribution in [2.45, 2.75) is 25.9 Å². The zero-order valence-electron chi connectivity index (χ0n) is 13.5. The molecule has 2 aromatic carbocycles. The first-order valence-electron chi connectivity index (χ1n) is 7.83. The number of rotatable bonds is 8. The standard InChI is InChI=1S/C19H26N2O/c1-15(14-22-2)21-13-17-4-3-5-19(12-17)18-8-6-16(7-9-18)10-11-20/h3-9,12,15,21H,10-11,13-14,20H2,1-2H3. The molecule has 0 aliphatic heterocycles. The molecular weight excluding hydrogens is 272 g/mol. The molecule has 0 heterocycles. The van der Waals surface area contributed by atoms with Crippen LogP contribution in [0.25, 0.3) is 11.1 Å². The molecule has 3 N–H and O–H groups in total. The summed E-state index contributed by atoms with van der Waals surface area (Å²) < 4.78 is 5.14. The van der Waals surface area contributed by atoms with Crippen molar-refractivity contribution < 1.29 is 4.74 Å². The molecule has 0 aliphatic carbocycles. The maximum Gasteiger partial charge on any atom is 0.0613 e. The lowest BCUT2D eigenvalue weighted by Crippen LogP contribution is -2.29. The molecule has 22 heavy (non-hydrogen) atoms. The first-order chi connectivity index (χ1) is 10.7. The molecule has 3 nitrogen and oxygen atoms in total. The van der Waals surface area contributed by atoms with Gasteiger partial charge in [0.15, 0.2) is 0 Å². The van der Waals surface area contributed by atoms with Crippen LogP contribution in [0, 0.1) is 0 Å². The lowest BCUT2D eigenvalue weighted by Gasteiger charge is -2.13. The summed E-state index contributed by atoms with van der Waals surface area (Å²) >= 11 is 0. The molecule has 3 heteroatoms. The predicted octanol–water partition coefficient (Wildman–Crippen LogP) is 2.98. The molecule has 0 amide bonds. The zero-order chi connectivity index (χ0) is 15.8. The van der Waals surface area contributed by atoms with Crippen molar-refractivity contribution in [2.24, 2.45) is 5.73 Å². The highest BCUT2D eigenvalue weighted by molar-refractivity contribution is 5.64. The van der Waals surface area contributed by atoms with Crippen LogP contribution in [0.3, 0.4) is 0 Å². The molecule has 2 aromatic rings. The van der Waals surface area contributed by atoms with Crippen molar-refractivity contribution in [3.05, 3.63) is 59.7 Å². The monoisotopic (exact) mass is 298 g/mol. The van der Waals surface area contributed by atoms with E-state index in [0.717, 1.165) is 19.6 Å². The molecule has 0 saturated heterocycles. The molecule has 0 spiro atoms. The largest absolute Gasteiger partial charge is 0.383 e. The van der Waals surface area contributed by atoms with E-state index in [4.69, 9.17) is 10.5 Å². The normalized spacial score (nSPS) is 12.3. The second-order valence-electron chi connectivity index (χ2n) is 5.67. The maximum atomic E-state index is 5.59. The smallest absolute Gasteiger partial charge is 0.0613 e. The average Bonchev–Trinajstić information content (AvgIpc) is 2.55. The minimum absolute atomic E-state index is 0.351. The van der Waals surface area contributed by atoms with Gasteiger partial charge in [0.05, 0.1) is 6.61 Å². The van der Waals surface area contributed by atoms with Gasteiger partial charge < -0.3 is 15.8 Å². The molecule has 2 rings (SSSR count). The van der Waals surface area contributed by atoms with Crippen molar-refractivity contribution in [1.29, 1.82) is 0 Å². The third-order valence-electron chi connectivity index (χ3n) is 3.72. The van der Waals surface area contributed by atoms with Gasteiger partial charge in [-0.05, 0) is 48.2 Å². The van der Waals surface area contributed by atoms with Gasteiger partial charge in [-0.3, -0.25) is 0 Å². The van der Waals surface area contributed by atoms with Gasteiger partial charge in [0.25, 0.3) is 0 Å². The van der Waals surface area contributed by atoms with Gasteiger partial charge in [-0.1, -0.05) is 42.5 Å². The van der Waals surface area contributed by atoms with Crippen molar-refractivity contribution in [3.8, 4) is 11.1 Å². The topological polar surface area (TPSA) is 47.3 Å². The van der Waals surface area contributed by atoms with Crippen molar-refractivity contribution in [3.63, 3.8) is 0 Å². The van der Waals surface area contributed by atoms with Gasteiger partial charge in [0, 0.05) is 19.7 Å². The predicted molar refractivity (Wildman–Crippen MR) is 92.8 cm³/mol. The molecule has 118 valence electrons. The van der Waals surface area contributed by atoms with Crippen LogP contribution in [0.5, 0.6) is 0 Å². The summed E-state index contributed by atoms with van der Waals surface area (Å²) in [6.07, 6.45) is 0.932. The van der Waals surface area contributed by atoms with Gasteiger partial charge in [-0.15, -0.1) is 0 Å². The summed E-state index contributed by atoms with van der Waals surface area (Å²) in [6, 6.07) is 17.7. The maximum absolute atomic E-state index is 5.59. The van der Waals surface area contributed by atoms with Crippen LogP contribution in [0.1, 0.15) is 18.1 Å². The number of hydrogen-bond acceptors (Lipinski definition) is 3. The lowest BCUT2D eigenvalue weighted by atomic mass is 10.0. The highest BCUT2D eigenvalue weighted by atomic mass is 16.5. The van der Waals surface area contributed by atoms with Gasteiger partial charge in [-0.2, -0.15) is 0 Å². The minimum atomic E-state index is 0.351. The Morgan fingerprint density at radius 2 is 1.82 bits per heavy atom. The van der Waals surface area contributed by atoms with Crippen LogP contribution in [0.4, 0.5) is 0 Å². The summed E-state index contributed by atoms with van der Waals surface area (Å²) in [5, 5.41) is 3.47. The number of nitrogens with two attached hydrogens (primary N) is 1. The molecule has 1 unspecified atom stereocenters. The number of hydrogen-bond donors (Lipinski definition) is 2. The quantitative estimate of drug-likeness (QED) is 0.787. The molecule has 0 fully saturated rings. The van der Waals surface area contributed by atoms with Gasteiger partial charge in [-0.25, -0.2) is 0 Å². The number of ether oxygens (including phenoxy) is 1. The second-order valence-corrected chi connectivity index (χ2v) is 5.67. The summed E-state index contributed by atoms with van der Waals surface area (Å²) in [7, 11) is 1.73. The van der Waals surface area contributed by atoms with E-state index in [9.17, 15) is 0 Å². The molecule has 0 saturated carbocycles. The fraction of sp³-hybridized carbons (Fsp3) is 0.368. The van der Waals surface area contributed by atoms with E-state index >= 15 is 0 Å². The Morgan fingerprint density at radius 3 is 2.50 bits per heavy atom. The Kier molecular flexibility index (Phi) is 6.59. The lowest BCUT2D eigenvalue weighted by molar-refractivity contribution is 0.171. The van der Waals surface area contributed by atoms with Crippen LogP contribution >= 0.6 is 0 Å². The van der Waals surface area contributed by atoms with E-state index in [1.165, 1.54) is 22.3 Å². The fourth-order valence-corrected chi connectivity index (χ4v) is 2.49. The molecule has 0 aliphatic rings. The Hall–Kier alpha value is -1.68. The summed E-state index contributed by atoms with van der Waals surface area (Å²) in [4.78, 5) is 0. The Morgan fingerprint density at radius 1 is 1.05 bits per heavy atom. The fourth-order valence-electron chi connectivity index (χ4n) is 2.49. The van der Waals surface area contributed by atoms with Gasteiger partial charge in [0.2, 0.25) is 0 Å². The third-order valence-corrected chi connectivity index (χ3v) is 3.72. The highest BCUT2D eigenvalue weighted by Crippen LogP contribution is 2.21.